The van der Waals surface area contributed by atoms with Gasteiger partial charge in [0.15, 0.2) is 5.75 Å². The zero-order valence-corrected chi connectivity index (χ0v) is 12.4. The molecule has 10 heteroatoms. The highest BCUT2D eigenvalue weighted by Gasteiger charge is 2.55. The fourth-order valence-corrected chi connectivity index (χ4v) is 3.71. The fraction of sp³-hybridized carbons (Fsp3) is 0.250. The van der Waals surface area contributed by atoms with E-state index in [2.05, 4.69) is 10.3 Å². The minimum Gasteiger partial charge on any atom is -0.612 e. The summed E-state index contributed by atoms with van der Waals surface area (Å²) in [6.45, 7) is 0. The maximum atomic E-state index is 14.9. The van der Waals surface area contributed by atoms with Gasteiger partial charge in [0.1, 0.15) is 16.5 Å². The van der Waals surface area contributed by atoms with E-state index < -0.39 is 33.9 Å². The highest BCUT2D eigenvalue weighted by atomic mass is 35.5. The number of rotatable bonds is 2. The van der Waals surface area contributed by atoms with E-state index >= 15 is 0 Å². The molecule has 0 saturated carbocycles. The van der Waals surface area contributed by atoms with Crippen molar-refractivity contribution in [1.29, 1.82) is 0 Å². The third-order valence-electron chi connectivity index (χ3n) is 3.32. The summed E-state index contributed by atoms with van der Waals surface area (Å²) in [6, 6.07) is 1.27. The Morgan fingerprint density at radius 3 is 2.91 bits per heavy atom. The second-order valence-electron chi connectivity index (χ2n) is 4.76. The first-order valence-electron chi connectivity index (χ1n) is 6.08. The number of carbonyl (C=O) groups is 2. The number of nitrogens with one attached hydrogen (secondary N) is 2. The number of aromatic nitrogens is 1. The standard InChI is InChI=1S/C12H9ClFN3O4S/c13-9-7(12(14)17-8(18)4-22(12)21)2-5-1-6(11(19)20)3-15-10(5)16-9/h2-3H,1,4H2,(H,15,16)(H,17,18)(H,19,20). The highest BCUT2D eigenvalue weighted by Crippen LogP contribution is 2.39. The van der Waals surface area contributed by atoms with Crippen molar-refractivity contribution in [3.8, 4) is 0 Å². The Bertz CT molecular complexity index is 729. The maximum absolute atomic E-state index is 14.9. The predicted octanol–water partition coefficient (Wildman–Crippen LogP) is 0.630. The van der Waals surface area contributed by atoms with Crippen LogP contribution in [0.3, 0.4) is 0 Å². The van der Waals surface area contributed by atoms with Crippen molar-refractivity contribution in [2.24, 2.45) is 0 Å². The number of alkyl halides is 1. The van der Waals surface area contributed by atoms with Crippen LogP contribution in [0.5, 0.6) is 0 Å². The minimum atomic E-state index is -2.62. The van der Waals surface area contributed by atoms with E-state index in [-0.39, 0.29) is 28.5 Å². The average molecular weight is 346 g/mol. The second-order valence-corrected chi connectivity index (χ2v) is 6.66. The Morgan fingerprint density at radius 2 is 2.32 bits per heavy atom. The molecule has 7 nitrogen and oxygen atoms in total. The van der Waals surface area contributed by atoms with Crippen LogP contribution in [0.15, 0.2) is 17.8 Å². The molecule has 2 unspecified atom stereocenters. The SMILES string of the molecule is O=C1C[S+]([O-])C(F)(c2cc3c(nc2Cl)NC=C(C(=O)O)C3)N1. The van der Waals surface area contributed by atoms with Crippen LogP contribution in [0.2, 0.25) is 5.15 Å². The van der Waals surface area contributed by atoms with Crippen molar-refractivity contribution < 1.29 is 23.6 Å². The fourth-order valence-electron chi connectivity index (χ4n) is 2.25. The van der Waals surface area contributed by atoms with E-state index in [9.17, 15) is 18.5 Å². The summed E-state index contributed by atoms with van der Waals surface area (Å²) in [5, 5.41) is 10.8. The number of anilines is 1. The molecule has 22 heavy (non-hydrogen) atoms. The summed E-state index contributed by atoms with van der Waals surface area (Å²) in [5.41, 5.74) is 0.201. The number of carboxylic acids is 1. The molecular formula is C12H9ClFN3O4S. The summed E-state index contributed by atoms with van der Waals surface area (Å²) < 4.78 is 26.7. The zero-order chi connectivity index (χ0) is 16.1. The van der Waals surface area contributed by atoms with Gasteiger partial charge in [0.2, 0.25) is 0 Å². The molecule has 3 rings (SSSR count). The number of halogens is 2. The Labute approximate surface area is 131 Å². The zero-order valence-electron chi connectivity index (χ0n) is 10.9. The molecule has 1 amide bonds. The van der Waals surface area contributed by atoms with Gasteiger partial charge in [-0.25, -0.2) is 9.78 Å². The number of hydrogen-bond acceptors (Lipinski definition) is 5. The molecule has 1 saturated heterocycles. The van der Waals surface area contributed by atoms with Crippen LogP contribution in [0.1, 0.15) is 11.1 Å². The van der Waals surface area contributed by atoms with Crippen LogP contribution in [0, 0.1) is 0 Å². The van der Waals surface area contributed by atoms with Gasteiger partial charge in [-0.05, 0) is 6.07 Å². The van der Waals surface area contributed by atoms with Crippen molar-refractivity contribution in [2.75, 3.05) is 11.1 Å². The summed E-state index contributed by atoms with van der Waals surface area (Å²) in [6.07, 6.45) is 1.28. The maximum Gasteiger partial charge on any atom is 0.372 e. The van der Waals surface area contributed by atoms with Crippen molar-refractivity contribution in [3.05, 3.63) is 34.1 Å². The second kappa shape index (κ2) is 5.11. The van der Waals surface area contributed by atoms with Gasteiger partial charge < -0.3 is 15.0 Å². The molecule has 2 atom stereocenters. The Balaban J connectivity index is 2.04. The van der Waals surface area contributed by atoms with Crippen molar-refractivity contribution in [2.45, 2.75) is 11.5 Å². The van der Waals surface area contributed by atoms with Crippen molar-refractivity contribution in [3.63, 3.8) is 0 Å². The van der Waals surface area contributed by atoms with Crippen LogP contribution in [0.25, 0.3) is 0 Å². The van der Waals surface area contributed by atoms with Gasteiger partial charge in [0, 0.05) is 29.4 Å². The third kappa shape index (κ3) is 2.31. The monoisotopic (exact) mass is 345 g/mol. The molecule has 1 aromatic heterocycles. The number of hydrogen-bond donors (Lipinski definition) is 3. The van der Waals surface area contributed by atoms with E-state index in [0.29, 0.717) is 5.56 Å². The van der Waals surface area contributed by atoms with E-state index in [4.69, 9.17) is 16.7 Å². The van der Waals surface area contributed by atoms with Crippen LogP contribution < -0.4 is 10.6 Å². The average Bonchev–Trinajstić information content (AvgIpc) is 2.71. The quantitative estimate of drug-likeness (QED) is 0.411. The molecule has 2 aliphatic heterocycles. The molecule has 3 N–H and O–H groups in total. The lowest BCUT2D eigenvalue weighted by Crippen LogP contribution is -2.39. The predicted molar refractivity (Wildman–Crippen MR) is 76.2 cm³/mol. The lowest BCUT2D eigenvalue weighted by molar-refractivity contribution is -0.132. The lowest BCUT2D eigenvalue weighted by Gasteiger charge is -2.23. The van der Waals surface area contributed by atoms with E-state index in [1.807, 2.05) is 5.32 Å². The molecule has 1 fully saturated rings. The Morgan fingerprint density at radius 1 is 1.59 bits per heavy atom. The number of amides is 1. The van der Waals surface area contributed by atoms with Crippen LogP contribution in [-0.2, 0) is 32.3 Å². The Hall–Kier alpha value is -1.84. The molecule has 3 heterocycles. The first kappa shape index (κ1) is 15.1. The molecule has 0 radical (unpaired) electrons. The minimum absolute atomic E-state index is 0.00545. The molecule has 2 aliphatic rings. The number of nitrogens with zero attached hydrogens (tertiary/aromatic N) is 1. The van der Waals surface area contributed by atoms with E-state index in [1.54, 1.807) is 0 Å². The molecule has 0 aromatic carbocycles. The molecule has 0 spiro atoms. The van der Waals surface area contributed by atoms with Crippen molar-refractivity contribution >= 4 is 40.5 Å². The van der Waals surface area contributed by atoms with Gasteiger partial charge in [-0.1, -0.05) is 11.6 Å². The van der Waals surface area contributed by atoms with E-state index in [1.165, 1.54) is 12.3 Å². The summed E-state index contributed by atoms with van der Waals surface area (Å²) >= 11 is 3.79. The number of aliphatic carboxylic acids is 1. The smallest absolute Gasteiger partial charge is 0.372 e. The largest absolute Gasteiger partial charge is 0.612 e. The number of pyridine rings is 1. The van der Waals surface area contributed by atoms with Gasteiger partial charge in [-0.2, -0.15) is 4.39 Å². The van der Waals surface area contributed by atoms with Gasteiger partial charge in [0.05, 0.1) is 5.57 Å². The summed E-state index contributed by atoms with van der Waals surface area (Å²) in [5.74, 6) is -2.00. The van der Waals surface area contributed by atoms with Gasteiger partial charge in [0.25, 0.3) is 5.91 Å². The highest BCUT2D eigenvalue weighted by molar-refractivity contribution is 7.93. The van der Waals surface area contributed by atoms with E-state index in [0.717, 1.165) is 0 Å². The number of fused-ring (bicyclic) bond motifs is 1. The topological polar surface area (TPSA) is 114 Å². The van der Waals surface area contributed by atoms with Gasteiger partial charge in [-0.3, -0.25) is 10.1 Å². The molecule has 0 aliphatic carbocycles. The Kier molecular flexibility index (Phi) is 3.50. The first-order valence-corrected chi connectivity index (χ1v) is 7.78. The van der Waals surface area contributed by atoms with Crippen LogP contribution >= 0.6 is 11.6 Å². The number of carbonyl (C=O) groups excluding carboxylic acids is 1. The van der Waals surface area contributed by atoms with Crippen molar-refractivity contribution in [1.82, 2.24) is 10.3 Å². The molecular weight excluding hydrogens is 337 g/mol. The lowest BCUT2D eigenvalue weighted by atomic mass is 10.0. The molecule has 0 bridgehead atoms. The number of carboxylic acid groups (broad SMARTS) is 1. The summed E-state index contributed by atoms with van der Waals surface area (Å²) in [4.78, 5) is 26.2. The van der Waals surface area contributed by atoms with Gasteiger partial charge in [-0.15, -0.1) is 0 Å². The first-order chi connectivity index (χ1) is 10.3. The van der Waals surface area contributed by atoms with Gasteiger partial charge >= 0.3 is 11.1 Å². The molecule has 1 aromatic rings. The van der Waals surface area contributed by atoms with Crippen LogP contribution in [0.4, 0.5) is 10.2 Å². The molecule has 116 valence electrons. The van der Waals surface area contributed by atoms with Crippen LogP contribution in [-0.4, -0.2) is 32.3 Å². The third-order valence-corrected chi connectivity index (χ3v) is 5.08. The summed E-state index contributed by atoms with van der Waals surface area (Å²) in [7, 11) is 0. The normalized spacial score (nSPS) is 26.8.